The van der Waals surface area contributed by atoms with E-state index in [9.17, 15) is 32.3 Å². The smallest absolute Gasteiger partial charge is 0.328 e. The number of rotatable bonds is 4. The summed E-state index contributed by atoms with van der Waals surface area (Å²) in [7, 11) is 0. The molecule has 1 heterocycles. The predicted molar refractivity (Wildman–Crippen MR) is 72.0 cm³/mol. The molecular formula is C14H13F4NO6. The number of carbonyl (C=O) groups is 2. The number of ether oxygens (including phenoxy) is 3. The number of hydrogen-bond donors (Lipinski definition) is 2. The zero-order valence-corrected chi connectivity index (χ0v) is 12.8. The van der Waals surface area contributed by atoms with Crippen LogP contribution in [0.3, 0.4) is 0 Å². The fourth-order valence-electron chi connectivity index (χ4n) is 2.16. The van der Waals surface area contributed by atoms with Crippen molar-refractivity contribution >= 4 is 17.6 Å². The summed E-state index contributed by atoms with van der Waals surface area (Å²) < 4.78 is 69.1. The van der Waals surface area contributed by atoms with Crippen molar-refractivity contribution in [3.8, 4) is 0 Å². The van der Waals surface area contributed by atoms with Crippen LogP contribution in [-0.4, -0.2) is 36.9 Å². The van der Waals surface area contributed by atoms with E-state index in [1.165, 1.54) is 6.92 Å². The molecule has 0 saturated carbocycles. The Morgan fingerprint density at radius 3 is 2.04 bits per heavy atom. The summed E-state index contributed by atoms with van der Waals surface area (Å²) in [6.07, 6.45) is -1.98. The molecule has 1 saturated heterocycles. The zero-order valence-electron chi connectivity index (χ0n) is 12.8. The zero-order chi connectivity index (χ0) is 18.9. The summed E-state index contributed by atoms with van der Waals surface area (Å²) >= 11 is 0. The number of anilines is 1. The summed E-state index contributed by atoms with van der Waals surface area (Å²) in [6.45, 7) is -0.475. The van der Waals surface area contributed by atoms with Crippen LogP contribution < -0.4 is 5.73 Å². The van der Waals surface area contributed by atoms with Gasteiger partial charge < -0.3 is 25.1 Å². The van der Waals surface area contributed by atoms with E-state index in [1.807, 2.05) is 0 Å². The first-order chi connectivity index (χ1) is 11.7. The fourth-order valence-corrected chi connectivity index (χ4v) is 2.16. The van der Waals surface area contributed by atoms with Crippen molar-refractivity contribution in [3.05, 3.63) is 28.8 Å². The lowest BCUT2D eigenvalue weighted by Crippen LogP contribution is -2.51. The molecular weight excluding hydrogens is 354 g/mol. The lowest BCUT2D eigenvalue weighted by Gasteiger charge is -2.35. The maximum absolute atomic E-state index is 13.9. The van der Waals surface area contributed by atoms with Crippen LogP contribution in [0.4, 0.5) is 23.2 Å². The van der Waals surface area contributed by atoms with E-state index in [0.717, 1.165) is 0 Å². The molecule has 7 nitrogen and oxygen atoms in total. The molecule has 0 atom stereocenters. The summed E-state index contributed by atoms with van der Waals surface area (Å²) in [5, 5.41) is 9.23. The van der Waals surface area contributed by atoms with Crippen LogP contribution >= 0.6 is 0 Å². The standard InChI is InChI=1S/C14H13F4NO6/c1-2-23-13(22)14(12(20)21)3-24-11(25-4-14)5-6(15)8(17)10(19)9(18)7(5)16/h11H,2-4,19H2,1H3,(H,20,21). The second kappa shape index (κ2) is 6.84. The second-order valence-corrected chi connectivity index (χ2v) is 5.14. The number of esters is 1. The van der Waals surface area contributed by atoms with E-state index in [2.05, 4.69) is 4.74 Å². The van der Waals surface area contributed by atoms with Gasteiger partial charge in [-0.15, -0.1) is 0 Å². The van der Waals surface area contributed by atoms with Crippen LogP contribution in [0.5, 0.6) is 0 Å². The molecule has 0 aromatic heterocycles. The minimum absolute atomic E-state index is 0.130. The minimum atomic E-state index is -2.27. The van der Waals surface area contributed by atoms with Crippen LogP contribution in [0, 0.1) is 28.7 Å². The van der Waals surface area contributed by atoms with E-state index in [1.54, 1.807) is 0 Å². The molecule has 1 aromatic carbocycles. The fraction of sp³-hybridized carbons (Fsp3) is 0.429. The third-order valence-electron chi connectivity index (χ3n) is 3.60. The van der Waals surface area contributed by atoms with Gasteiger partial charge in [-0.1, -0.05) is 0 Å². The first kappa shape index (κ1) is 18.9. The molecule has 25 heavy (non-hydrogen) atoms. The molecule has 1 aliphatic rings. The Kier molecular flexibility index (Phi) is 5.18. The van der Waals surface area contributed by atoms with Gasteiger partial charge in [0, 0.05) is 0 Å². The molecule has 0 aliphatic carbocycles. The number of aliphatic carboxylic acids is 1. The van der Waals surface area contributed by atoms with Gasteiger partial charge in [0.15, 0.2) is 29.6 Å². The van der Waals surface area contributed by atoms with Gasteiger partial charge in [-0.2, -0.15) is 0 Å². The Bertz CT molecular complexity index is 689. The first-order valence-electron chi connectivity index (χ1n) is 6.92. The van der Waals surface area contributed by atoms with Crippen molar-refractivity contribution in [3.63, 3.8) is 0 Å². The molecule has 11 heteroatoms. The molecule has 1 aliphatic heterocycles. The number of nitrogens with two attached hydrogens (primary N) is 1. The molecule has 1 fully saturated rings. The summed E-state index contributed by atoms with van der Waals surface area (Å²) in [4.78, 5) is 23.2. The number of hydrogen-bond acceptors (Lipinski definition) is 6. The van der Waals surface area contributed by atoms with E-state index in [4.69, 9.17) is 15.2 Å². The molecule has 2 rings (SSSR count). The topological polar surface area (TPSA) is 108 Å². The maximum atomic E-state index is 13.9. The highest BCUT2D eigenvalue weighted by Gasteiger charge is 2.53. The van der Waals surface area contributed by atoms with Gasteiger partial charge in [-0.3, -0.25) is 9.59 Å². The Morgan fingerprint density at radius 2 is 1.64 bits per heavy atom. The van der Waals surface area contributed by atoms with Crippen molar-refractivity contribution in [2.24, 2.45) is 5.41 Å². The van der Waals surface area contributed by atoms with Crippen LogP contribution in [-0.2, 0) is 23.8 Å². The molecule has 0 unspecified atom stereocenters. The number of halogens is 4. The Labute approximate surface area is 138 Å². The van der Waals surface area contributed by atoms with E-state index in [0.29, 0.717) is 0 Å². The van der Waals surface area contributed by atoms with Crippen LogP contribution in [0.1, 0.15) is 18.8 Å². The Balaban J connectivity index is 2.34. The van der Waals surface area contributed by atoms with Gasteiger partial charge in [0.2, 0.25) is 5.41 Å². The Morgan fingerprint density at radius 1 is 1.16 bits per heavy atom. The summed E-state index contributed by atoms with van der Waals surface area (Å²) in [5.41, 5.74) is -0.00374. The average molecular weight is 367 g/mol. The highest BCUT2D eigenvalue weighted by molar-refractivity contribution is 5.99. The highest BCUT2D eigenvalue weighted by atomic mass is 19.2. The summed E-state index contributed by atoms with van der Waals surface area (Å²) in [6, 6.07) is 0. The minimum Gasteiger partial charge on any atom is -0.480 e. The van der Waals surface area contributed by atoms with Gasteiger partial charge in [0.25, 0.3) is 0 Å². The highest BCUT2D eigenvalue weighted by Crippen LogP contribution is 2.37. The van der Waals surface area contributed by atoms with Crippen molar-refractivity contribution in [2.75, 3.05) is 25.6 Å². The largest absolute Gasteiger partial charge is 0.480 e. The van der Waals surface area contributed by atoms with E-state index < -0.39 is 71.4 Å². The molecule has 0 amide bonds. The SMILES string of the molecule is CCOC(=O)C1(C(=O)O)COC(c2c(F)c(F)c(N)c(F)c2F)OC1. The number of benzene rings is 1. The third kappa shape index (κ3) is 3.00. The van der Waals surface area contributed by atoms with E-state index in [-0.39, 0.29) is 6.61 Å². The number of carboxylic acids is 1. The predicted octanol–water partition coefficient (Wildman–Crippen LogP) is 1.50. The first-order valence-corrected chi connectivity index (χ1v) is 6.92. The molecule has 138 valence electrons. The number of carboxylic acid groups (broad SMARTS) is 1. The maximum Gasteiger partial charge on any atom is 0.328 e. The second-order valence-electron chi connectivity index (χ2n) is 5.14. The van der Waals surface area contributed by atoms with Crippen molar-refractivity contribution in [1.82, 2.24) is 0 Å². The van der Waals surface area contributed by atoms with Gasteiger partial charge in [0.1, 0.15) is 5.69 Å². The number of carbonyl (C=O) groups excluding carboxylic acids is 1. The quantitative estimate of drug-likeness (QED) is 0.273. The van der Waals surface area contributed by atoms with Crippen molar-refractivity contribution in [1.29, 1.82) is 0 Å². The van der Waals surface area contributed by atoms with Crippen LogP contribution in [0.25, 0.3) is 0 Å². The van der Waals surface area contributed by atoms with Crippen molar-refractivity contribution < 1.29 is 46.5 Å². The van der Waals surface area contributed by atoms with Crippen LogP contribution in [0.2, 0.25) is 0 Å². The lowest BCUT2D eigenvalue weighted by molar-refractivity contribution is -0.243. The monoisotopic (exact) mass is 367 g/mol. The number of nitrogen functional groups attached to an aromatic ring is 1. The molecule has 0 spiro atoms. The normalized spacial score (nSPS) is 23.3. The van der Waals surface area contributed by atoms with Crippen molar-refractivity contribution in [2.45, 2.75) is 13.2 Å². The molecule has 0 bridgehead atoms. The van der Waals surface area contributed by atoms with E-state index >= 15 is 0 Å². The lowest BCUT2D eigenvalue weighted by atomic mass is 9.89. The van der Waals surface area contributed by atoms with Gasteiger partial charge in [0.05, 0.1) is 25.4 Å². The average Bonchev–Trinajstić information content (AvgIpc) is 2.59. The van der Waals surface area contributed by atoms with Gasteiger partial charge in [-0.05, 0) is 6.92 Å². The van der Waals surface area contributed by atoms with Gasteiger partial charge >= 0.3 is 11.9 Å². The summed E-state index contributed by atoms with van der Waals surface area (Å²) in [5.74, 6) is -10.2. The van der Waals surface area contributed by atoms with Gasteiger partial charge in [-0.25, -0.2) is 17.6 Å². The third-order valence-corrected chi connectivity index (χ3v) is 3.60. The molecule has 0 radical (unpaired) electrons. The molecule has 3 N–H and O–H groups in total. The van der Waals surface area contributed by atoms with Crippen LogP contribution in [0.15, 0.2) is 0 Å². The molecule has 1 aromatic rings. The Hall–Kier alpha value is -2.40.